The maximum atomic E-state index is 5.70. The number of hydrogen-bond acceptors (Lipinski definition) is 3. The van der Waals surface area contributed by atoms with Crippen molar-refractivity contribution in [1.82, 2.24) is 14.7 Å². The van der Waals surface area contributed by atoms with Gasteiger partial charge < -0.3 is 5.73 Å². The average molecular weight is 258 g/mol. The number of aryl methyl sites for hydroxylation is 1. The van der Waals surface area contributed by atoms with E-state index in [1.54, 1.807) is 0 Å². The van der Waals surface area contributed by atoms with Crippen LogP contribution in [0.2, 0.25) is 0 Å². The third-order valence-corrected chi connectivity index (χ3v) is 3.17. The summed E-state index contributed by atoms with van der Waals surface area (Å²) < 4.78 is 1.85. The molecule has 0 bridgehead atoms. The Hall–Kier alpha value is -1.65. The molecule has 0 aliphatic carbocycles. The zero-order valence-electron chi connectivity index (χ0n) is 11.5. The van der Waals surface area contributed by atoms with Gasteiger partial charge in [0.1, 0.15) is 0 Å². The Labute approximate surface area is 114 Å². The lowest BCUT2D eigenvalue weighted by atomic mass is 10.2. The van der Waals surface area contributed by atoms with Crippen molar-refractivity contribution in [3.05, 3.63) is 53.9 Å². The van der Waals surface area contributed by atoms with Crippen LogP contribution in [0.25, 0.3) is 0 Å². The van der Waals surface area contributed by atoms with Crippen molar-refractivity contribution in [3.8, 4) is 0 Å². The first-order valence-electron chi connectivity index (χ1n) is 6.72. The molecule has 4 nitrogen and oxygen atoms in total. The van der Waals surface area contributed by atoms with E-state index in [0.717, 1.165) is 26.1 Å². The Morgan fingerprint density at radius 1 is 1.16 bits per heavy atom. The first-order valence-corrected chi connectivity index (χ1v) is 6.72. The van der Waals surface area contributed by atoms with Gasteiger partial charge >= 0.3 is 0 Å². The molecular formula is C15H22N4. The van der Waals surface area contributed by atoms with E-state index in [4.69, 9.17) is 5.73 Å². The Bertz CT molecular complexity index is 478. The number of rotatable bonds is 7. The summed E-state index contributed by atoms with van der Waals surface area (Å²) in [6.45, 7) is 3.59. The molecule has 0 fully saturated rings. The number of hydrogen-bond donors (Lipinski definition) is 1. The van der Waals surface area contributed by atoms with Gasteiger partial charge in [0.2, 0.25) is 0 Å². The molecule has 0 unspecified atom stereocenters. The third-order valence-electron chi connectivity index (χ3n) is 3.17. The molecule has 1 aromatic carbocycles. The maximum absolute atomic E-state index is 5.70. The Kier molecular flexibility index (Phi) is 5.12. The second-order valence-corrected chi connectivity index (χ2v) is 4.82. The first-order chi connectivity index (χ1) is 9.28. The van der Waals surface area contributed by atoms with Crippen LogP contribution < -0.4 is 5.73 Å². The molecule has 102 valence electrons. The molecular weight excluding hydrogens is 236 g/mol. The predicted octanol–water partition coefficient (Wildman–Crippen LogP) is 1.42. The van der Waals surface area contributed by atoms with E-state index in [0.29, 0.717) is 6.54 Å². The highest BCUT2D eigenvalue weighted by molar-refractivity contribution is 5.14. The summed E-state index contributed by atoms with van der Waals surface area (Å²) in [5.41, 5.74) is 8.31. The Morgan fingerprint density at radius 3 is 2.58 bits per heavy atom. The minimum atomic E-state index is 0.694. The van der Waals surface area contributed by atoms with Crippen molar-refractivity contribution < 1.29 is 0 Å². The molecule has 4 heteroatoms. The third kappa shape index (κ3) is 4.50. The average Bonchev–Trinajstić information content (AvgIpc) is 2.83. The minimum Gasteiger partial charge on any atom is -0.329 e. The molecule has 1 heterocycles. The van der Waals surface area contributed by atoms with Gasteiger partial charge in [0, 0.05) is 39.4 Å². The summed E-state index contributed by atoms with van der Waals surface area (Å²) in [7, 11) is 1.95. The molecule has 19 heavy (non-hydrogen) atoms. The summed E-state index contributed by atoms with van der Waals surface area (Å²) in [6.07, 6.45) is 5.02. The summed E-state index contributed by atoms with van der Waals surface area (Å²) >= 11 is 0. The number of aromatic nitrogens is 2. The van der Waals surface area contributed by atoms with Gasteiger partial charge in [-0.15, -0.1) is 0 Å². The number of nitrogens with zero attached hydrogens (tertiary/aromatic N) is 3. The van der Waals surface area contributed by atoms with E-state index in [9.17, 15) is 0 Å². The molecule has 2 N–H and O–H groups in total. The molecule has 0 radical (unpaired) electrons. The SMILES string of the molecule is Cn1cc(CCN(CCN)Cc2ccccc2)cn1. The van der Waals surface area contributed by atoms with E-state index >= 15 is 0 Å². The maximum Gasteiger partial charge on any atom is 0.0522 e. The van der Waals surface area contributed by atoms with Gasteiger partial charge in [0.25, 0.3) is 0 Å². The molecule has 2 rings (SSSR count). The summed E-state index contributed by atoms with van der Waals surface area (Å²) in [4.78, 5) is 2.39. The van der Waals surface area contributed by atoms with Gasteiger partial charge in [0.15, 0.2) is 0 Å². The summed E-state index contributed by atoms with van der Waals surface area (Å²) in [5, 5.41) is 4.20. The molecule has 0 aliphatic heterocycles. The van der Waals surface area contributed by atoms with Crippen LogP contribution >= 0.6 is 0 Å². The molecule has 0 saturated carbocycles. The summed E-state index contributed by atoms with van der Waals surface area (Å²) in [6, 6.07) is 10.5. The van der Waals surface area contributed by atoms with E-state index in [-0.39, 0.29) is 0 Å². The van der Waals surface area contributed by atoms with Gasteiger partial charge in [-0.3, -0.25) is 9.58 Å². The van der Waals surface area contributed by atoms with Crippen LogP contribution in [0.4, 0.5) is 0 Å². The fraction of sp³-hybridized carbons (Fsp3) is 0.400. The van der Waals surface area contributed by atoms with E-state index < -0.39 is 0 Å². The van der Waals surface area contributed by atoms with E-state index in [1.807, 2.05) is 24.0 Å². The van der Waals surface area contributed by atoms with Crippen LogP contribution in [0.5, 0.6) is 0 Å². The highest BCUT2D eigenvalue weighted by Gasteiger charge is 2.06. The highest BCUT2D eigenvalue weighted by Crippen LogP contribution is 2.06. The Morgan fingerprint density at radius 2 is 1.95 bits per heavy atom. The zero-order valence-corrected chi connectivity index (χ0v) is 11.5. The lowest BCUT2D eigenvalue weighted by molar-refractivity contribution is 0.276. The van der Waals surface area contributed by atoms with E-state index in [2.05, 4.69) is 40.5 Å². The van der Waals surface area contributed by atoms with Crippen molar-refractivity contribution in [2.45, 2.75) is 13.0 Å². The monoisotopic (exact) mass is 258 g/mol. The number of nitrogens with two attached hydrogens (primary N) is 1. The first kappa shape index (κ1) is 13.8. The van der Waals surface area contributed by atoms with Gasteiger partial charge in [-0.2, -0.15) is 5.10 Å². The fourth-order valence-electron chi connectivity index (χ4n) is 2.18. The van der Waals surface area contributed by atoms with Crippen LogP contribution in [0.1, 0.15) is 11.1 Å². The molecule has 1 aromatic heterocycles. The molecule has 0 spiro atoms. The normalized spacial score (nSPS) is 11.1. The summed E-state index contributed by atoms with van der Waals surface area (Å²) in [5.74, 6) is 0. The lowest BCUT2D eigenvalue weighted by Gasteiger charge is -2.21. The van der Waals surface area contributed by atoms with Crippen molar-refractivity contribution in [3.63, 3.8) is 0 Å². The molecule has 0 saturated heterocycles. The van der Waals surface area contributed by atoms with Crippen LogP contribution in [0.3, 0.4) is 0 Å². The zero-order chi connectivity index (χ0) is 13.5. The van der Waals surface area contributed by atoms with Crippen LogP contribution in [0.15, 0.2) is 42.7 Å². The van der Waals surface area contributed by atoms with Gasteiger partial charge in [-0.05, 0) is 17.5 Å². The van der Waals surface area contributed by atoms with Crippen molar-refractivity contribution >= 4 is 0 Å². The van der Waals surface area contributed by atoms with Crippen LogP contribution in [0, 0.1) is 0 Å². The molecule has 0 aliphatic rings. The Balaban J connectivity index is 1.89. The van der Waals surface area contributed by atoms with Gasteiger partial charge in [-0.1, -0.05) is 30.3 Å². The molecule has 0 atom stereocenters. The smallest absolute Gasteiger partial charge is 0.0522 e. The van der Waals surface area contributed by atoms with Gasteiger partial charge in [0.05, 0.1) is 6.20 Å². The minimum absolute atomic E-state index is 0.694. The van der Waals surface area contributed by atoms with Crippen molar-refractivity contribution in [2.24, 2.45) is 12.8 Å². The van der Waals surface area contributed by atoms with Crippen molar-refractivity contribution in [2.75, 3.05) is 19.6 Å². The standard InChI is InChI=1S/C15H22N4/c1-18-12-15(11-17-18)7-9-19(10-8-16)13-14-5-3-2-4-6-14/h2-6,11-12H,7-10,13,16H2,1H3. The predicted molar refractivity (Wildman–Crippen MR) is 77.7 cm³/mol. The second kappa shape index (κ2) is 7.07. The van der Waals surface area contributed by atoms with Crippen LogP contribution in [-0.2, 0) is 20.0 Å². The van der Waals surface area contributed by atoms with Crippen LogP contribution in [-0.4, -0.2) is 34.3 Å². The fourth-order valence-corrected chi connectivity index (χ4v) is 2.18. The highest BCUT2D eigenvalue weighted by atomic mass is 15.2. The van der Waals surface area contributed by atoms with Crippen molar-refractivity contribution in [1.29, 1.82) is 0 Å². The molecule has 0 amide bonds. The quantitative estimate of drug-likeness (QED) is 0.817. The largest absolute Gasteiger partial charge is 0.329 e. The lowest BCUT2D eigenvalue weighted by Crippen LogP contribution is -2.31. The topological polar surface area (TPSA) is 47.1 Å². The number of benzene rings is 1. The second-order valence-electron chi connectivity index (χ2n) is 4.82. The van der Waals surface area contributed by atoms with Gasteiger partial charge in [-0.25, -0.2) is 0 Å². The molecule has 2 aromatic rings. The van der Waals surface area contributed by atoms with E-state index in [1.165, 1.54) is 11.1 Å².